The molecule has 6 heteroatoms. The first-order valence-corrected chi connectivity index (χ1v) is 3.37. The summed E-state index contributed by atoms with van der Waals surface area (Å²) in [7, 11) is 0. The first kappa shape index (κ1) is 15.1. The fraction of sp³-hybridized carbons (Fsp3) is 0.571. The van der Waals surface area contributed by atoms with Crippen molar-refractivity contribution in [1.82, 2.24) is 5.32 Å². The zero-order chi connectivity index (χ0) is 9.78. The summed E-state index contributed by atoms with van der Waals surface area (Å²) in [6.07, 6.45) is -0.773. The van der Waals surface area contributed by atoms with Gasteiger partial charge < -0.3 is 15.2 Å². The number of nitrogens with one attached hydrogen (secondary N) is 1. The van der Waals surface area contributed by atoms with Crippen molar-refractivity contribution in [3.63, 3.8) is 0 Å². The molecule has 0 aromatic rings. The van der Waals surface area contributed by atoms with Crippen LogP contribution >= 0.6 is 0 Å². The maximum atomic E-state index is 10.7. The molecule has 0 unspecified atom stereocenters. The molecule has 13 heavy (non-hydrogen) atoms. The maximum absolute atomic E-state index is 10.7. The molecule has 2 N–H and O–H groups in total. The molecule has 0 radical (unpaired) electrons. The van der Waals surface area contributed by atoms with Gasteiger partial charge in [-0.1, -0.05) is 0 Å². The van der Waals surface area contributed by atoms with Crippen LogP contribution in [0.1, 0.15) is 20.8 Å². The number of carbonyl (C=O) groups is 2. The van der Waals surface area contributed by atoms with Crippen molar-refractivity contribution < 1.29 is 50.5 Å². The molecule has 0 spiro atoms. The summed E-state index contributed by atoms with van der Waals surface area (Å²) in [6, 6.07) is 0. The summed E-state index contributed by atoms with van der Waals surface area (Å²) in [5.74, 6) is -1.22. The molecule has 0 saturated heterocycles. The normalized spacial score (nSPS) is 9.46. The van der Waals surface area contributed by atoms with Gasteiger partial charge in [-0.2, -0.15) is 6.54 Å². The van der Waals surface area contributed by atoms with Gasteiger partial charge in [0.15, 0.2) is 5.97 Å². The van der Waals surface area contributed by atoms with E-state index >= 15 is 0 Å². The zero-order valence-electron chi connectivity index (χ0n) is 7.75. The Morgan fingerprint density at radius 1 is 1.38 bits per heavy atom. The fourth-order valence-electron chi connectivity index (χ4n) is 0.428. The number of aliphatic carboxylic acids is 1. The molecule has 0 atom stereocenters. The predicted octanol–water partition coefficient (Wildman–Crippen LogP) is 0.757. The van der Waals surface area contributed by atoms with Crippen molar-refractivity contribution in [2.75, 3.05) is 0 Å². The molecule has 0 aromatic heterocycles. The maximum Gasteiger partial charge on any atom is 0.381 e. The third kappa shape index (κ3) is 11.7. The monoisotopic (exact) mass is 412 g/mol. The van der Waals surface area contributed by atoms with Crippen LogP contribution in [-0.2, 0) is 9.53 Å². The minimum Gasteiger partial charge on any atom is -0.502 e. The molecule has 74 valence electrons. The van der Waals surface area contributed by atoms with Crippen LogP contribution in [0.5, 0.6) is 0 Å². The topological polar surface area (TPSA) is 75.6 Å². The van der Waals surface area contributed by atoms with Gasteiger partial charge in [0.25, 0.3) is 0 Å². The number of hydrogen-bond donors (Lipinski definition) is 2. The third-order valence-corrected chi connectivity index (χ3v) is 0.712. The first-order chi connectivity index (χ1) is 5.31. The van der Waals surface area contributed by atoms with Gasteiger partial charge in [-0.05, 0) is 20.8 Å². The summed E-state index contributed by atoms with van der Waals surface area (Å²) in [6.45, 7) is 5.68. The zero-order valence-corrected chi connectivity index (χ0v) is 11.9. The molecular formula is C7H12NO4U-. The second kappa shape index (κ2) is 6.17. The van der Waals surface area contributed by atoms with Crippen LogP contribution in [0.25, 0.3) is 0 Å². The van der Waals surface area contributed by atoms with Crippen molar-refractivity contribution >= 4 is 12.1 Å². The van der Waals surface area contributed by atoms with Crippen LogP contribution in [-0.4, -0.2) is 22.8 Å². The van der Waals surface area contributed by atoms with Crippen molar-refractivity contribution in [2.45, 2.75) is 26.4 Å². The van der Waals surface area contributed by atoms with Gasteiger partial charge in [-0.15, -0.1) is 0 Å². The van der Waals surface area contributed by atoms with E-state index in [1.165, 1.54) is 0 Å². The molecule has 0 saturated carbocycles. The van der Waals surface area contributed by atoms with Gasteiger partial charge >= 0.3 is 6.09 Å². The average Bonchev–Trinajstić information content (AvgIpc) is 1.79. The molecule has 5 nitrogen and oxygen atoms in total. The average molecular weight is 412 g/mol. The minimum absolute atomic E-state index is 0. The molecule has 0 rings (SSSR count). The van der Waals surface area contributed by atoms with E-state index in [-0.39, 0.29) is 31.1 Å². The van der Waals surface area contributed by atoms with E-state index in [1.54, 1.807) is 20.8 Å². The number of rotatable bonds is 2. The second-order valence-corrected chi connectivity index (χ2v) is 3.13. The van der Waals surface area contributed by atoms with Crippen LogP contribution in [0, 0.1) is 37.7 Å². The first-order valence-electron chi connectivity index (χ1n) is 3.37. The van der Waals surface area contributed by atoms with Gasteiger partial charge in [-0.3, -0.25) is 4.79 Å². The van der Waals surface area contributed by atoms with E-state index in [0.29, 0.717) is 6.54 Å². The molecular weight excluding hydrogens is 400 g/mol. The number of carboxylic acids is 1. The Bertz CT molecular complexity index is 187. The van der Waals surface area contributed by atoms with Gasteiger partial charge in [0.1, 0.15) is 5.60 Å². The van der Waals surface area contributed by atoms with Crippen molar-refractivity contribution in [2.24, 2.45) is 0 Å². The van der Waals surface area contributed by atoms with Crippen molar-refractivity contribution in [3.05, 3.63) is 6.54 Å². The molecule has 0 bridgehead atoms. The van der Waals surface area contributed by atoms with Gasteiger partial charge in [0.05, 0.1) is 0 Å². The Labute approximate surface area is 101 Å². The third-order valence-electron chi connectivity index (χ3n) is 0.712. The van der Waals surface area contributed by atoms with E-state index in [9.17, 15) is 9.59 Å². The molecule has 0 aromatic carbocycles. The Morgan fingerprint density at radius 2 is 1.85 bits per heavy atom. The summed E-state index contributed by atoms with van der Waals surface area (Å²) in [5, 5.41) is 10.1. The van der Waals surface area contributed by atoms with Crippen LogP contribution in [0.15, 0.2) is 0 Å². The van der Waals surface area contributed by atoms with E-state index in [0.717, 1.165) is 0 Å². The Kier molecular flexibility index (Phi) is 7.19. The standard InChI is InChI=1S/C7H12NO4.U/c1-7(2,3)12-6(11)8-4-5(9)10;/h4H,1-3H3,(H,8,11)(H,9,10);/q-1;. The largest absolute Gasteiger partial charge is 0.502 e. The number of alkyl carbamates (subject to hydrolysis) is 1. The molecule has 0 fully saturated rings. The fourth-order valence-corrected chi connectivity index (χ4v) is 0.428. The van der Waals surface area contributed by atoms with Gasteiger partial charge in [0, 0.05) is 31.1 Å². The molecule has 0 heterocycles. The molecule has 0 aliphatic carbocycles. The van der Waals surface area contributed by atoms with Crippen LogP contribution in [0.4, 0.5) is 4.79 Å². The van der Waals surface area contributed by atoms with Crippen LogP contribution in [0.2, 0.25) is 0 Å². The summed E-state index contributed by atoms with van der Waals surface area (Å²) >= 11 is 0. The number of carbonyl (C=O) groups excluding carboxylic acids is 1. The Balaban J connectivity index is 0. The van der Waals surface area contributed by atoms with Gasteiger partial charge in [-0.25, -0.2) is 4.79 Å². The summed E-state index contributed by atoms with van der Waals surface area (Å²) in [4.78, 5) is 20.7. The van der Waals surface area contributed by atoms with E-state index in [4.69, 9.17) is 9.84 Å². The number of ether oxygens (including phenoxy) is 1. The van der Waals surface area contributed by atoms with Crippen molar-refractivity contribution in [3.8, 4) is 0 Å². The minimum atomic E-state index is -1.22. The van der Waals surface area contributed by atoms with Crippen LogP contribution in [0.3, 0.4) is 0 Å². The number of hydrogen-bond acceptors (Lipinski definition) is 3. The molecule has 1 amide bonds. The Hall–Kier alpha value is -0.338. The van der Waals surface area contributed by atoms with Gasteiger partial charge in [0.2, 0.25) is 0 Å². The molecule has 0 aliphatic heterocycles. The second-order valence-electron chi connectivity index (χ2n) is 3.13. The quantitative estimate of drug-likeness (QED) is 0.657. The predicted molar refractivity (Wildman–Crippen MR) is 41.3 cm³/mol. The van der Waals surface area contributed by atoms with Crippen molar-refractivity contribution in [1.29, 1.82) is 0 Å². The summed E-state index contributed by atoms with van der Waals surface area (Å²) < 4.78 is 4.74. The van der Waals surface area contributed by atoms with E-state index < -0.39 is 17.7 Å². The smallest absolute Gasteiger partial charge is 0.381 e. The number of amides is 1. The Morgan fingerprint density at radius 3 is 2.15 bits per heavy atom. The number of carboxylic acid groups (broad SMARTS) is 1. The molecule has 0 aliphatic rings. The van der Waals surface area contributed by atoms with E-state index in [1.807, 2.05) is 5.32 Å². The van der Waals surface area contributed by atoms with E-state index in [2.05, 4.69) is 0 Å². The summed E-state index contributed by atoms with van der Waals surface area (Å²) in [5.41, 5.74) is -0.615. The van der Waals surface area contributed by atoms with Crippen LogP contribution < -0.4 is 5.32 Å². The SMILES string of the molecule is CC(C)(C)OC(=O)N[CH-]C(=O)O.[U].